The molecular weight excluding hydrogens is 535 g/mol. The summed E-state index contributed by atoms with van der Waals surface area (Å²) in [5, 5.41) is 8.36. The van der Waals surface area contributed by atoms with Gasteiger partial charge in [-0.15, -0.1) is 0 Å². The van der Waals surface area contributed by atoms with Crippen LogP contribution in [0.15, 0.2) is 71.8 Å². The van der Waals surface area contributed by atoms with Crippen molar-refractivity contribution in [1.29, 1.82) is 0 Å². The molecule has 0 aliphatic carbocycles. The molecule has 2 N–H and O–H groups in total. The van der Waals surface area contributed by atoms with Gasteiger partial charge in [-0.05, 0) is 67.1 Å². The highest BCUT2D eigenvalue weighted by Crippen LogP contribution is 2.30. The predicted octanol–water partition coefficient (Wildman–Crippen LogP) is 5.89. The zero-order valence-electron chi connectivity index (χ0n) is 17.1. The molecule has 0 atom stereocenters. The molecule has 0 aliphatic rings. The summed E-state index contributed by atoms with van der Waals surface area (Å²) in [6, 6.07) is 17.1. The Balaban J connectivity index is 1.78. The lowest BCUT2D eigenvalue weighted by Gasteiger charge is -2.26. The zero-order valence-corrected chi connectivity index (χ0v) is 21.1. The number of halogens is 3. The Hall–Kier alpha value is -2.00. The highest BCUT2D eigenvalue weighted by atomic mass is 79.9. The molecule has 3 rings (SSSR count). The van der Waals surface area contributed by atoms with E-state index >= 15 is 0 Å². The van der Waals surface area contributed by atoms with Crippen molar-refractivity contribution < 1.29 is 8.42 Å². The van der Waals surface area contributed by atoms with Crippen LogP contribution in [-0.4, -0.2) is 38.4 Å². The first-order chi connectivity index (χ1) is 15.4. The van der Waals surface area contributed by atoms with Crippen molar-refractivity contribution in [3.05, 3.63) is 76.9 Å². The third kappa shape index (κ3) is 6.51. The van der Waals surface area contributed by atoms with Crippen molar-refractivity contribution >= 4 is 66.3 Å². The van der Waals surface area contributed by atoms with Crippen LogP contribution >= 0.6 is 39.1 Å². The SMILES string of the molecule is O=S(=O)(c1ccc(Cl)cc1)N(CCCBr)c1cccnc1NCCNc1ccc(Cl)cc1. The summed E-state index contributed by atoms with van der Waals surface area (Å²) in [7, 11) is -3.80. The molecule has 170 valence electrons. The number of aromatic nitrogens is 1. The first kappa shape index (κ1) is 24.6. The van der Waals surface area contributed by atoms with E-state index in [-0.39, 0.29) is 4.90 Å². The summed E-state index contributed by atoms with van der Waals surface area (Å²) in [5.41, 5.74) is 1.44. The largest absolute Gasteiger partial charge is 0.383 e. The van der Waals surface area contributed by atoms with E-state index in [4.69, 9.17) is 23.2 Å². The fraction of sp³-hybridized carbons (Fsp3) is 0.227. The van der Waals surface area contributed by atoms with E-state index in [1.54, 1.807) is 30.5 Å². The smallest absolute Gasteiger partial charge is 0.264 e. The van der Waals surface area contributed by atoms with Crippen molar-refractivity contribution in [2.24, 2.45) is 0 Å². The third-order valence-electron chi connectivity index (χ3n) is 4.54. The molecule has 32 heavy (non-hydrogen) atoms. The molecule has 0 aliphatic heterocycles. The molecule has 2 aromatic carbocycles. The van der Waals surface area contributed by atoms with Gasteiger partial charge in [-0.3, -0.25) is 4.31 Å². The summed E-state index contributed by atoms with van der Waals surface area (Å²) in [6.07, 6.45) is 2.27. The summed E-state index contributed by atoms with van der Waals surface area (Å²) >= 11 is 15.2. The van der Waals surface area contributed by atoms with E-state index in [2.05, 4.69) is 31.5 Å². The van der Waals surface area contributed by atoms with Crippen molar-refractivity contribution in [3.63, 3.8) is 0 Å². The van der Waals surface area contributed by atoms with Gasteiger partial charge in [0, 0.05) is 46.9 Å². The van der Waals surface area contributed by atoms with Crippen LogP contribution in [0.2, 0.25) is 10.0 Å². The van der Waals surface area contributed by atoms with Gasteiger partial charge in [0.15, 0.2) is 5.82 Å². The summed E-state index contributed by atoms with van der Waals surface area (Å²) in [4.78, 5) is 4.57. The third-order valence-corrected chi connectivity index (χ3v) is 7.43. The quantitative estimate of drug-likeness (QED) is 0.227. The molecule has 0 fully saturated rings. The number of pyridine rings is 1. The van der Waals surface area contributed by atoms with Gasteiger partial charge >= 0.3 is 0 Å². The van der Waals surface area contributed by atoms with Gasteiger partial charge in [0.05, 0.1) is 10.6 Å². The second-order valence-corrected chi connectivity index (χ2v) is 10.3. The minimum absolute atomic E-state index is 0.177. The van der Waals surface area contributed by atoms with Crippen molar-refractivity contribution in [2.45, 2.75) is 11.3 Å². The zero-order chi connectivity index (χ0) is 23.0. The van der Waals surface area contributed by atoms with Crippen LogP contribution in [0, 0.1) is 0 Å². The van der Waals surface area contributed by atoms with Gasteiger partial charge in [-0.1, -0.05) is 39.1 Å². The molecular formula is C22H23BrCl2N4O2S. The fourth-order valence-corrected chi connectivity index (χ4v) is 5.01. The van der Waals surface area contributed by atoms with Gasteiger partial charge < -0.3 is 10.6 Å². The van der Waals surface area contributed by atoms with Crippen LogP contribution in [-0.2, 0) is 10.0 Å². The maximum atomic E-state index is 13.4. The van der Waals surface area contributed by atoms with Crippen LogP contribution in [0.25, 0.3) is 0 Å². The van der Waals surface area contributed by atoms with Crippen molar-refractivity contribution in [3.8, 4) is 0 Å². The molecule has 0 saturated heterocycles. The van der Waals surface area contributed by atoms with Crippen LogP contribution in [0.3, 0.4) is 0 Å². The topological polar surface area (TPSA) is 74.3 Å². The van der Waals surface area contributed by atoms with E-state index in [1.807, 2.05) is 24.3 Å². The van der Waals surface area contributed by atoms with Crippen molar-refractivity contribution in [1.82, 2.24) is 4.98 Å². The molecule has 0 radical (unpaired) electrons. The average molecular weight is 558 g/mol. The fourth-order valence-electron chi connectivity index (χ4n) is 3.00. The van der Waals surface area contributed by atoms with E-state index in [9.17, 15) is 8.42 Å². The molecule has 6 nitrogen and oxygen atoms in total. The Kier molecular flexibility index (Phi) is 9.04. The average Bonchev–Trinajstić information content (AvgIpc) is 2.79. The first-order valence-electron chi connectivity index (χ1n) is 9.94. The lowest BCUT2D eigenvalue weighted by atomic mass is 10.3. The molecule has 10 heteroatoms. The molecule has 1 aromatic heterocycles. The lowest BCUT2D eigenvalue weighted by Crippen LogP contribution is -2.33. The van der Waals surface area contributed by atoms with Crippen LogP contribution < -0.4 is 14.9 Å². The number of nitrogens with zero attached hydrogens (tertiary/aromatic N) is 2. The molecule has 1 heterocycles. The number of anilines is 3. The van der Waals surface area contributed by atoms with E-state index in [0.717, 1.165) is 5.69 Å². The Bertz CT molecular complexity index is 1110. The Morgan fingerprint density at radius 2 is 1.53 bits per heavy atom. The number of alkyl halides is 1. The second kappa shape index (κ2) is 11.7. The number of hydrogen-bond acceptors (Lipinski definition) is 5. The van der Waals surface area contributed by atoms with Crippen molar-refractivity contribution in [2.75, 3.05) is 39.9 Å². The summed E-state index contributed by atoms with van der Waals surface area (Å²) in [5.74, 6) is 0.498. The summed E-state index contributed by atoms with van der Waals surface area (Å²) < 4.78 is 28.3. The molecule has 0 amide bonds. The van der Waals surface area contributed by atoms with E-state index in [1.165, 1.54) is 16.4 Å². The number of benzene rings is 2. The van der Waals surface area contributed by atoms with Gasteiger partial charge in [0.2, 0.25) is 0 Å². The molecule has 0 saturated carbocycles. The Morgan fingerprint density at radius 3 is 2.19 bits per heavy atom. The van der Waals surface area contributed by atoms with E-state index in [0.29, 0.717) is 52.9 Å². The number of nitrogens with one attached hydrogen (secondary N) is 2. The minimum atomic E-state index is -3.80. The van der Waals surface area contributed by atoms with E-state index < -0.39 is 10.0 Å². The summed E-state index contributed by atoms with van der Waals surface area (Å²) in [6.45, 7) is 1.46. The van der Waals surface area contributed by atoms with Gasteiger partial charge in [0.25, 0.3) is 10.0 Å². The molecule has 0 spiro atoms. The van der Waals surface area contributed by atoms with Gasteiger partial charge in [-0.25, -0.2) is 13.4 Å². The second-order valence-electron chi connectivity index (χ2n) is 6.81. The van der Waals surface area contributed by atoms with Crippen LogP contribution in [0.1, 0.15) is 6.42 Å². The Morgan fingerprint density at radius 1 is 0.906 bits per heavy atom. The first-order valence-corrected chi connectivity index (χ1v) is 13.3. The Labute approximate surface area is 207 Å². The minimum Gasteiger partial charge on any atom is -0.383 e. The molecule has 0 unspecified atom stereocenters. The molecule has 0 bridgehead atoms. The number of sulfonamides is 1. The lowest BCUT2D eigenvalue weighted by molar-refractivity contribution is 0.590. The van der Waals surface area contributed by atoms with Gasteiger partial charge in [0.1, 0.15) is 0 Å². The standard InChI is InChI=1S/C22H23BrCl2N4O2S/c23-12-2-16-29(32(30,31)20-10-6-18(25)7-11-20)21-3-1-13-27-22(21)28-15-14-26-19-8-4-17(24)5-9-19/h1,3-11,13,26H,2,12,14-16H2,(H,27,28). The predicted molar refractivity (Wildman–Crippen MR) is 137 cm³/mol. The maximum Gasteiger partial charge on any atom is 0.264 e. The molecule has 3 aromatic rings. The maximum absolute atomic E-state index is 13.4. The number of hydrogen-bond donors (Lipinski definition) is 2. The monoisotopic (exact) mass is 556 g/mol. The van der Waals surface area contributed by atoms with Crippen LogP contribution in [0.5, 0.6) is 0 Å². The highest BCUT2D eigenvalue weighted by Gasteiger charge is 2.27. The van der Waals surface area contributed by atoms with Gasteiger partial charge in [-0.2, -0.15) is 0 Å². The number of rotatable bonds is 11. The van der Waals surface area contributed by atoms with Crippen LogP contribution in [0.4, 0.5) is 17.2 Å². The highest BCUT2D eigenvalue weighted by molar-refractivity contribution is 9.09. The normalized spacial score (nSPS) is 11.2.